The molecule has 2 saturated heterocycles. The van der Waals surface area contributed by atoms with E-state index in [2.05, 4.69) is 9.97 Å². The Kier molecular flexibility index (Phi) is 5.03. The maximum Gasteiger partial charge on any atom is 0.164 e. The van der Waals surface area contributed by atoms with Gasteiger partial charge in [0.15, 0.2) is 12.0 Å². The Hall–Kier alpha value is -1.45. The van der Waals surface area contributed by atoms with Gasteiger partial charge in [0.1, 0.15) is 41.0 Å². The summed E-state index contributed by atoms with van der Waals surface area (Å²) in [7, 11) is 0. The van der Waals surface area contributed by atoms with E-state index in [1.807, 2.05) is 30.7 Å². The lowest BCUT2D eigenvalue weighted by molar-refractivity contribution is -0.221. The van der Waals surface area contributed by atoms with Crippen molar-refractivity contribution in [2.75, 3.05) is 0 Å². The van der Waals surface area contributed by atoms with Crippen LogP contribution >= 0.6 is 34.8 Å². The Bertz CT molecular complexity index is 1170. The van der Waals surface area contributed by atoms with Gasteiger partial charge in [-0.2, -0.15) is 0 Å². The predicted octanol–water partition coefficient (Wildman–Crippen LogP) is 4.72. The summed E-state index contributed by atoms with van der Waals surface area (Å²) in [4.78, 5) is 8.39. The molecule has 5 rings (SSSR count). The van der Waals surface area contributed by atoms with Crippen molar-refractivity contribution in [3.8, 4) is 0 Å². The fourth-order valence-corrected chi connectivity index (χ4v) is 4.86. The van der Waals surface area contributed by atoms with Crippen molar-refractivity contribution < 1.29 is 19.3 Å². The number of rotatable bonds is 3. The topological polar surface area (TPSA) is 78.6 Å². The Balaban J connectivity index is 1.58. The Morgan fingerprint density at radius 3 is 2.55 bits per heavy atom. The number of hydrogen-bond donors (Lipinski definition) is 1. The molecule has 0 bridgehead atoms. The van der Waals surface area contributed by atoms with E-state index in [9.17, 15) is 5.11 Å². The summed E-state index contributed by atoms with van der Waals surface area (Å²) in [5, 5.41) is 13.4. The molecule has 10 heteroatoms. The number of aliphatic hydroxyl groups is 1. The highest BCUT2D eigenvalue weighted by molar-refractivity contribution is 6.42. The van der Waals surface area contributed by atoms with Crippen molar-refractivity contribution in [2.45, 2.75) is 56.7 Å². The quantitative estimate of drug-likeness (QED) is 0.542. The average Bonchev–Trinajstić information content (AvgIpc) is 3.35. The third-order valence-electron chi connectivity index (χ3n) is 5.82. The van der Waals surface area contributed by atoms with Crippen molar-refractivity contribution >= 4 is 45.8 Å². The number of hydrogen-bond acceptors (Lipinski definition) is 6. The zero-order valence-electron chi connectivity index (χ0n) is 16.9. The molecule has 2 aliphatic heterocycles. The van der Waals surface area contributed by atoms with Crippen LogP contribution in [-0.4, -0.2) is 43.7 Å². The minimum atomic E-state index is -1.44. The van der Waals surface area contributed by atoms with Crippen LogP contribution in [0.3, 0.4) is 0 Å². The van der Waals surface area contributed by atoms with Crippen molar-refractivity contribution in [2.24, 2.45) is 0 Å². The van der Waals surface area contributed by atoms with Crippen LogP contribution < -0.4 is 0 Å². The van der Waals surface area contributed by atoms with Gasteiger partial charge in [0.05, 0.1) is 15.4 Å². The number of fused-ring (bicyclic) bond motifs is 2. The highest BCUT2D eigenvalue weighted by atomic mass is 35.5. The summed E-state index contributed by atoms with van der Waals surface area (Å²) in [6.07, 6.45) is 0.827. The van der Waals surface area contributed by atoms with Crippen LogP contribution in [0.5, 0.6) is 0 Å². The second kappa shape index (κ2) is 7.28. The standard InChI is InChI=1S/C21H20Cl3N3O4/c1-20(2)30-14-15(31-20)19(27-7-6-11-17(24)25-9-26-18(11)27)29-16(14)21(3,28)10-4-5-12(22)13(23)8-10/h4-9,14-16,19,28H,1-3H3/t14-,15+,16-,19+,21?/m0/s1. The zero-order valence-corrected chi connectivity index (χ0v) is 19.2. The van der Waals surface area contributed by atoms with Crippen LogP contribution in [0.25, 0.3) is 11.0 Å². The Morgan fingerprint density at radius 1 is 1.06 bits per heavy atom. The molecule has 0 spiro atoms. The third kappa shape index (κ3) is 3.43. The summed E-state index contributed by atoms with van der Waals surface area (Å²) in [5.74, 6) is -0.848. The van der Waals surface area contributed by atoms with E-state index in [1.54, 1.807) is 25.1 Å². The second-order valence-corrected chi connectivity index (χ2v) is 9.59. The molecule has 164 valence electrons. The molecule has 31 heavy (non-hydrogen) atoms. The largest absolute Gasteiger partial charge is 0.383 e. The minimum Gasteiger partial charge on any atom is -0.383 e. The van der Waals surface area contributed by atoms with E-state index in [4.69, 9.17) is 49.0 Å². The van der Waals surface area contributed by atoms with Gasteiger partial charge in [-0.3, -0.25) is 0 Å². The van der Waals surface area contributed by atoms with Crippen LogP contribution in [0.4, 0.5) is 0 Å². The van der Waals surface area contributed by atoms with Gasteiger partial charge in [0.2, 0.25) is 0 Å². The van der Waals surface area contributed by atoms with Crippen LogP contribution in [0, 0.1) is 0 Å². The highest BCUT2D eigenvalue weighted by Gasteiger charge is 2.60. The van der Waals surface area contributed by atoms with Gasteiger partial charge in [-0.15, -0.1) is 0 Å². The molecule has 2 fully saturated rings. The van der Waals surface area contributed by atoms with Gasteiger partial charge in [-0.1, -0.05) is 40.9 Å². The molecular formula is C21H20Cl3N3O4. The molecule has 0 amide bonds. The number of nitrogens with zero attached hydrogens (tertiary/aromatic N) is 3. The van der Waals surface area contributed by atoms with Gasteiger partial charge in [0.25, 0.3) is 0 Å². The van der Waals surface area contributed by atoms with E-state index < -0.39 is 35.9 Å². The van der Waals surface area contributed by atoms with E-state index in [-0.39, 0.29) is 0 Å². The molecule has 7 nitrogen and oxygen atoms in total. The fourth-order valence-electron chi connectivity index (χ4n) is 4.37. The molecular weight excluding hydrogens is 465 g/mol. The van der Waals surface area contributed by atoms with Gasteiger partial charge in [-0.25, -0.2) is 9.97 Å². The maximum absolute atomic E-state index is 11.6. The number of halogens is 3. The minimum absolute atomic E-state index is 0.345. The van der Waals surface area contributed by atoms with Crippen LogP contribution in [0.2, 0.25) is 15.2 Å². The summed E-state index contributed by atoms with van der Waals surface area (Å²) < 4.78 is 20.6. The fraction of sp³-hybridized carbons (Fsp3) is 0.429. The van der Waals surface area contributed by atoms with E-state index in [0.717, 1.165) is 0 Å². The van der Waals surface area contributed by atoms with Crippen molar-refractivity contribution in [1.82, 2.24) is 14.5 Å². The maximum atomic E-state index is 11.6. The first-order valence-corrected chi connectivity index (χ1v) is 10.9. The van der Waals surface area contributed by atoms with Crippen molar-refractivity contribution in [1.29, 1.82) is 0 Å². The number of ether oxygens (including phenoxy) is 3. The van der Waals surface area contributed by atoms with Gasteiger partial charge < -0.3 is 23.9 Å². The Morgan fingerprint density at radius 2 is 1.81 bits per heavy atom. The van der Waals surface area contributed by atoms with Gasteiger partial charge in [0, 0.05) is 6.20 Å². The third-order valence-corrected chi connectivity index (χ3v) is 6.86. The summed E-state index contributed by atoms with van der Waals surface area (Å²) in [5.41, 5.74) is -0.278. The van der Waals surface area contributed by atoms with Gasteiger partial charge in [-0.05, 0) is 44.5 Å². The highest BCUT2D eigenvalue weighted by Crippen LogP contribution is 2.49. The molecule has 2 aromatic heterocycles. The van der Waals surface area contributed by atoms with Crippen LogP contribution in [0.15, 0.2) is 36.8 Å². The van der Waals surface area contributed by atoms with E-state index in [0.29, 0.717) is 31.8 Å². The smallest absolute Gasteiger partial charge is 0.164 e. The molecule has 2 aliphatic rings. The monoisotopic (exact) mass is 483 g/mol. The predicted molar refractivity (Wildman–Crippen MR) is 116 cm³/mol. The number of aromatic nitrogens is 3. The average molecular weight is 485 g/mol. The molecule has 1 aromatic carbocycles. The molecule has 0 aliphatic carbocycles. The second-order valence-electron chi connectivity index (χ2n) is 8.41. The lowest BCUT2D eigenvalue weighted by Crippen LogP contribution is -2.45. The van der Waals surface area contributed by atoms with E-state index in [1.165, 1.54) is 6.33 Å². The molecule has 0 saturated carbocycles. The normalized spacial score (nSPS) is 29.3. The molecule has 5 atom stereocenters. The first-order chi connectivity index (χ1) is 14.6. The van der Waals surface area contributed by atoms with Crippen LogP contribution in [0.1, 0.15) is 32.6 Å². The number of benzene rings is 1. The lowest BCUT2D eigenvalue weighted by Gasteiger charge is -2.34. The zero-order chi connectivity index (χ0) is 22.1. The van der Waals surface area contributed by atoms with Gasteiger partial charge >= 0.3 is 0 Å². The first kappa shape index (κ1) is 21.4. The summed E-state index contributed by atoms with van der Waals surface area (Å²) >= 11 is 18.5. The molecule has 0 radical (unpaired) electrons. The Labute approximate surface area is 193 Å². The lowest BCUT2D eigenvalue weighted by atomic mass is 9.87. The van der Waals surface area contributed by atoms with Crippen molar-refractivity contribution in [3.63, 3.8) is 0 Å². The molecule has 3 aromatic rings. The molecule has 4 heterocycles. The molecule has 1 unspecified atom stereocenters. The SMILES string of the molecule is CC1(C)O[C@@H]2[C@H](O1)[C@@H](C(C)(O)c1ccc(Cl)c(Cl)c1)O[C@H]2n1ccc2c(Cl)ncnc21. The summed E-state index contributed by atoms with van der Waals surface area (Å²) in [6.45, 7) is 5.33. The van der Waals surface area contributed by atoms with E-state index >= 15 is 0 Å². The van der Waals surface area contributed by atoms with Crippen molar-refractivity contribution in [3.05, 3.63) is 57.6 Å². The summed E-state index contributed by atoms with van der Waals surface area (Å²) in [6, 6.07) is 6.82. The molecule has 1 N–H and O–H groups in total. The first-order valence-electron chi connectivity index (χ1n) is 9.74. The van der Waals surface area contributed by atoms with Crippen LogP contribution in [-0.2, 0) is 19.8 Å².